The summed E-state index contributed by atoms with van der Waals surface area (Å²) in [6, 6.07) is 7.08. The molecule has 7 nitrogen and oxygen atoms in total. The van der Waals surface area contributed by atoms with E-state index in [0.29, 0.717) is 11.1 Å². The van der Waals surface area contributed by atoms with Gasteiger partial charge in [-0.25, -0.2) is 13.2 Å². The predicted octanol–water partition coefficient (Wildman–Crippen LogP) is 3.39. The third kappa shape index (κ3) is 3.73. The predicted molar refractivity (Wildman–Crippen MR) is 121 cm³/mol. The summed E-state index contributed by atoms with van der Waals surface area (Å²) >= 11 is 0. The van der Waals surface area contributed by atoms with E-state index in [2.05, 4.69) is 4.98 Å². The van der Waals surface area contributed by atoms with Crippen molar-refractivity contribution in [1.29, 1.82) is 0 Å². The maximum absolute atomic E-state index is 13.4. The molecule has 0 N–H and O–H groups in total. The SMILES string of the molecule is Cc1cc(-n2c(=O)n(C(C)C)c3cc(C(=O)CC4(C)CS(=O)(=O)C4)ccc32)c(C)cn1. The van der Waals surface area contributed by atoms with E-state index in [-0.39, 0.29) is 35.4 Å². The Labute approximate surface area is 181 Å². The Morgan fingerprint density at radius 2 is 1.84 bits per heavy atom. The van der Waals surface area contributed by atoms with Crippen molar-refractivity contribution < 1.29 is 13.2 Å². The smallest absolute Gasteiger partial charge is 0.294 e. The first kappa shape index (κ1) is 21.5. The number of hydrogen-bond donors (Lipinski definition) is 0. The van der Waals surface area contributed by atoms with E-state index in [4.69, 9.17) is 0 Å². The largest absolute Gasteiger partial charge is 0.333 e. The summed E-state index contributed by atoms with van der Waals surface area (Å²) < 4.78 is 26.5. The van der Waals surface area contributed by atoms with Crippen molar-refractivity contribution >= 4 is 26.7 Å². The molecule has 4 rings (SSSR count). The summed E-state index contributed by atoms with van der Waals surface area (Å²) in [4.78, 5) is 30.6. The fourth-order valence-corrected chi connectivity index (χ4v) is 6.83. The second-order valence-electron chi connectivity index (χ2n) is 9.34. The standard InChI is InChI=1S/C23H27N3O4S/c1-14(2)25-20-9-17(21(27)10-23(5)12-31(29,30)13-23)6-7-18(20)26(22(25)28)19-8-16(4)24-11-15(19)3/h6-9,11,14H,10,12-13H2,1-5H3. The highest BCUT2D eigenvalue weighted by atomic mass is 32.2. The maximum atomic E-state index is 13.4. The molecule has 1 aliphatic heterocycles. The normalized spacial score (nSPS) is 17.1. The van der Waals surface area contributed by atoms with Crippen molar-refractivity contribution in [1.82, 2.24) is 14.1 Å². The van der Waals surface area contributed by atoms with E-state index < -0.39 is 15.3 Å². The molecular weight excluding hydrogens is 414 g/mol. The molecule has 0 amide bonds. The number of Topliss-reactive ketones (excluding diaryl/α,β-unsaturated/α-hetero) is 1. The highest BCUT2D eigenvalue weighted by Crippen LogP contribution is 2.37. The number of benzene rings is 1. The minimum atomic E-state index is -3.02. The van der Waals surface area contributed by atoms with E-state index in [1.165, 1.54) is 0 Å². The molecule has 164 valence electrons. The van der Waals surface area contributed by atoms with Crippen LogP contribution < -0.4 is 5.69 Å². The van der Waals surface area contributed by atoms with Crippen LogP contribution in [0.5, 0.6) is 0 Å². The number of carbonyl (C=O) groups is 1. The van der Waals surface area contributed by atoms with Gasteiger partial charge < -0.3 is 0 Å². The zero-order valence-electron chi connectivity index (χ0n) is 18.5. The number of imidazole rings is 1. The number of nitrogens with zero attached hydrogens (tertiary/aromatic N) is 3. The van der Waals surface area contributed by atoms with E-state index in [0.717, 1.165) is 22.5 Å². The summed E-state index contributed by atoms with van der Waals surface area (Å²) in [5, 5.41) is 0. The highest BCUT2D eigenvalue weighted by molar-refractivity contribution is 7.92. The Morgan fingerprint density at radius 3 is 2.45 bits per heavy atom. The summed E-state index contributed by atoms with van der Waals surface area (Å²) in [6.45, 7) is 9.50. The monoisotopic (exact) mass is 441 g/mol. The fraction of sp³-hybridized carbons (Fsp3) is 0.435. The lowest BCUT2D eigenvalue weighted by molar-refractivity contribution is 0.0936. The lowest BCUT2D eigenvalue weighted by Gasteiger charge is -2.37. The Hall–Kier alpha value is -2.74. The van der Waals surface area contributed by atoms with Gasteiger partial charge in [0.25, 0.3) is 0 Å². The van der Waals surface area contributed by atoms with Crippen molar-refractivity contribution in [2.45, 2.75) is 47.1 Å². The molecule has 0 radical (unpaired) electrons. The molecule has 0 aliphatic carbocycles. The topological polar surface area (TPSA) is 91.0 Å². The van der Waals surface area contributed by atoms with Crippen LogP contribution >= 0.6 is 0 Å². The molecule has 3 heterocycles. The van der Waals surface area contributed by atoms with Gasteiger partial charge in [-0.15, -0.1) is 0 Å². The van der Waals surface area contributed by atoms with Crippen molar-refractivity contribution in [3.05, 3.63) is 57.8 Å². The second-order valence-corrected chi connectivity index (χ2v) is 11.4. The van der Waals surface area contributed by atoms with Gasteiger partial charge in [0, 0.05) is 35.3 Å². The number of fused-ring (bicyclic) bond motifs is 1. The number of sulfone groups is 1. The first-order chi connectivity index (χ1) is 14.4. The molecule has 0 unspecified atom stereocenters. The molecule has 0 atom stereocenters. The Morgan fingerprint density at radius 1 is 1.16 bits per heavy atom. The van der Waals surface area contributed by atoms with Crippen LogP contribution in [0.2, 0.25) is 0 Å². The third-order valence-corrected chi connectivity index (χ3v) is 8.16. The van der Waals surface area contributed by atoms with Crippen LogP contribution in [0.15, 0.2) is 35.3 Å². The minimum absolute atomic E-state index is 0.0434. The number of hydrogen-bond acceptors (Lipinski definition) is 5. The van der Waals surface area contributed by atoms with Gasteiger partial charge in [-0.1, -0.05) is 6.92 Å². The molecule has 1 fully saturated rings. The van der Waals surface area contributed by atoms with Gasteiger partial charge in [0.05, 0.1) is 28.2 Å². The van der Waals surface area contributed by atoms with Gasteiger partial charge in [-0.3, -0.25) is 18.9 Å². The van der Waals surface area contributed by atoms with Crippen LogP contribution in [-0.2, 0) is 9.84 Å². The number of ketones is 1. The molecule has 1 saturated heterocycles. The van der Waals surface area contributed by atoms with Crippen LogP contribution in [0.4, 0.5) is 0 Å². The Balaban J connectivity index is 1.83. The first-order valence-electron chi connectivity index (χ1n) is 10.3. The zero-order chi connectivity index (χ0) is 22.7. The molecule has 8 heteroatoms. The number of rotatable bonds is 5. The Kier molecular flexibility index (Phi) is 4.96. The van der Waals surface area contributed by atoms with Gasteiger partial charge in [-0.05, 0) is 57.5 Å². The molecule has 0 bridgehead atoms. The van der Waals surface area contributed by atoms with Crippen LogP contribution in [0.1, 0.15) is 54.8 Å². The minimum Gasteiger partial charge on any atom is -0.294 e. The molecule has 2 aromatic heterocycles. The molecule has 31 heavy (non-hydrogen) atoms. The average Bonchev–Trinajstić information content (AvgIpc) is 2.92. The fourth-order valence-electron chi connectivity index (χ4n) is 4.59. The molecule has 1 aromatic carbocycles. The maximum Gasteiger partial charge on any atom is 0.333 e. The summed E-state index contributed by atoms with van der Waals surface area (Å²) in [5.41, 5.74) is 3.69. The number of aryl methyl sites for hydroxylation is 2. The van der Waals surface area contributed by atoms with Gasteiger partial charge in [0.15, 0.2) is 15.6 Å². The Bertz CT molecular complexity index is 1370. The highest BCUT2D eigenvalue weighted by Gasteiger charge is 2.45. The van der Waals surface area contributed by atoms with Crippen LogP contribution in [-0.4, -0.2) is 39.8 Å². The van der Waals surface area contributed by atoms with E-state index >= 15 is 0 Å². The lowest BCUT2D eigenvalue weighted by Crippen LogP contribution is -2.47. The van der Waals surface area contributed by atoms with Crippen LogP contribution in [0.3, 0.4) is 0 Å². The van der Waals surface area contributed by atoms with Crippen molar-refractivity contribution in [3.8, 4) is 5.69 Å². The number of aromatic nitrogens is 3. The zero-order valence-corrected chi connectivity index (χ0v) is 19.3. The van der Waals surface area contributed by atoms with Crippen LogP contribution in [0, 0.1) is 19.3 Å². The van der Waals surface area contributed by atoms with E-state index in [1.54, 1.807) is 33.5 Å². The number of pyridine rings is 1. The molecule has 1 aliphatic rings. The summed E-state index contributed by atoms with van der Waals surface area (Å²) in [5.74, 6) is -0.0190. The van der Waals surface area contributed by atoms with Gasteiger partial charge in [0.2, 0.25) is 0 Å². The molecular formula is C23H27N3O4S. The summed E-state index contributed by atoms with van der Waals surface area (Å²) in [7, 11) is -3.02. The quantitative estimate of drug-likeness (QED) is 0.566. The van der Waals surface area contributed by atoms with Gasteiger partial charge in [-0.2, -0.15) is 0 Å². The van der Waals surface area contributed by atoms with E-state index in [9.17, 15) is 18.0 Å². The number of carbonyl (C=O) groups excluding carboxylic acids is 1. The van der Waals surface area contributed by atoms with Crippen molar-refractivity contribution in [3.63, 3.8) is 0 Å². The second kappa shape index (κ2) is 7.15. The van der Waals surface area contributed by atoms with Gasteiger partial charge >= 0.3 is 5.69 Å². The van der Waals surface area contributed by atoms with E-state index in [1.807, 2.05) is 40.7 Å². The van der Waals surface area contributed by atoms with Crippen molar-refractivity contribution in [2.75, 3.05) is 11.5 Å². The average molecular weight is 442 g/mol. The lowest BCUT2D eigenvalue weighted by atomic mass is 9.86. The molecule has 3 aromatic rings. The first-order valence-corrected chi connectivity index (χ1v) is 12.2. The summed E-state index contributed by atoms with van der Waals surface area (Å²) in [6.07, 6.45) is 1.92. The van der Waals surface area contributed by atoms with Crippen molar-refractivity contribution in [2.24, 2.45) is 5.41 Å². The van der Waals surface area contributed by atoms with Crippen LogP contribution in [0.25, 0.3) is 16.7 Å². The third-order valence-electron chi connectivity index (χ3n) is 5.89. The van der Waals surface area contributed by atoms with Gasteiger partial charge in [0.1, 0.15) is 0 Å². The molecule has 0 spiro atoms. The molecule has 0 saturated carbocycles.